The summed E-state index contributed by atoms with van der Waals surface area (Å²) in [4.78, 5) is 12.1. The maximum absolute atomic E-state index is 4.21. The van der Waals surface area contributed by atoms with Crippen molar-refractivity contribution in [2.24, 2.45) is 0 Å². The molecule has 0 bridgehead atoms. The summed E-state index contributed by atoms with van der Waals surface area (Å²) in [5.74, 6) is 0. The second-order valence-corrected chi connectivity index (χ2v) is 6.82. The molecule has 0 radical (unpaired) electrons. The van der Waals surface area contributed by atoms with Crippen LogP contribution in [0.4, 0.5) is 0 Å². The van der Waals surface area contributed by atoms with Gasteiger partial charge in [-0.25, -0.2) is 0 Å². The number of nitrogens with zero attached hydrogens (tertiary/aromatic N) is 4. The van der Waals surface area contributed by atoms with Gasteiger partial charge in [-0.05, 0) is 31.2 Å². The van der Waals surface area contributed by atoms with Crippen LogP contribution in [0.15, 0.2) is 24.5 Å². The molecule has 2 fully saturated rings. The first-order valence-electron chi connectivity index (χ1n) is 9.09. The van der Waals surface area contributed by atoms with E-state index in [0.717, 1.165) is 26.2 Å². The van der Waals surface area contributed by atoms with Crippen LogP contribution in [0.5, 0.6) is 0 Å². The van der Waals surface area contributed by atoms with Crippen LogP contribution in [0, 0.1) is 0 Å². The van der Waals surface area contributed by atoms with Gasteiger partial charge in [-0.15, -0.1) is 0 Å². The molecule has 0 saturated carbocycles. The normalized spacial score (nSPS) is 26.3. The molecule has 3 heterocycles. The summed E-state index contributed by atoms with van der Waals surface area (Å²) < 4.78 is 0. The minimum Gasteiger partial charge on any atom is -0.314 e. The summed E-state index contributed by atoms with van der Waals surface area (Å²) >= 11 is 0. The van der Waals surface area contributed by atoms with Crippen molar-refractivity contribution in [2.45, 2.75) is 25.9 Å². The zero-order valence-corrected chi connectivity index (χ0v) is 14.6. The van der Waals surface area contributed by atoms with E-state index in [0.29, 0.717) is 12.1 Å². The molecule has 3 rings (SSSR count). The molecule has 2 aliphatic heterocycles. The molecule has 1 aromatic rings. The van der Waals surface area contributed by atoms with Crippen molar-refractivity contribution in [3.8, 4) is 0 Å². The number of rotatable bonds is 5. The van der Waals surface area contributed by atoms with E-state index in [9.17, 15) is 0 Å². The van der Waals surface area contributed by atoms with Crippen LogP contribution < -0.4 is 5.32 Å². The molecule has 2 atom stereocenters. The molecule has 0 aliphatic carbocycles. The van der Waals surface area contributed by atoms with Crippen LogP contribution in [0.25, 0.3) is 0 Å². The Labute approximate surface area is 140 Å². The van der Waals surface area contributed by atoms with E-state index in [1.54, 1.807) is 0 Å². The van der Waals surface area contributed by atoms with Crippen molar-refractivity contribution in [3.05, 3.63) is 30.1 Å². The van der Waals surface area contributed by atoms with Gasteiger partial charge in [0.15, 0.2) is 0 Å². The standard InChI is InChI=1S/C18H31N5/c1-3-21-10-12-22(13-11-21)15-18(17-4-6-19-7-5-17)23-9-8-20-14-16(23)2/h4-7,16,18,20H,3,8-15H2,1-2H3. The fourth-order valence-corrected chi connectivity index (χ4v) is 3.84. The second kappa shape index (κ2) is 8.20. The molecule has 2 saturated heterocycles. The monoisotopic (exact) mass is 317 g/mol. The van der Waals surface area contributed by atoms with Crippen molar-refractivity contribution in [3.63, 3.8) is 0 Å². The SMILES string of the molecule is CCN1CCN(CC(c2ccncc2)N2CCNCC2C)CC1. The number of pyridine rings is 1. The molecular weight excluding hydrogens is 286 g/mol. The lowest BCUT2D eigenvalue weighted by Gasteiger charge is -2.43. The molecule has 1 N–H and O–H groups in total. The number of aromatic nitrogens is 1. The van der Waals surface area contributed by atoms with Crippen LogP contribution in [-0.2, 0) is 0 Å². The topological polar surface area (TPSA) is 34.6 Å². The van der Waals surface area contributed by atoms with Crippen LogP contribution in [0.2, 0.25) is 0 Å². The lowest BCUT2D eigenvalue weighted by atomic mass is 10.0. The van der Waals surface area contributed by atoms with Crippen molar-refractivity contribution in [1.82, 2.24) is 25.0 Å². The molecule has 0 aromatic carbocycles. The molecule has 5 nitrogen and oxygen atoms in total. The fraction of sp³-hybridized carbons (Fsp3) is 0.722. The molecule has 5 heteroatoms. The Kier molecular flexibility index (Phi) is 6.00. The van der Waals surface area contributed by atoms with Gasteiger partial charge in [-0.1, -0.05) is 6.92 Å². The van der Waals surface area contributed by atoms with Crippen molar-refractivity contribution in [2.75, 3.05) is 58.9 Å². The van der Waals surface area contributed by atoms with E-state index in [-0.39, 0.29) is 0 Å². The first-order valence-corrected chi connectivity index (χ1v) is 9.09. The summed E-state index contributed by atoms with van der Waals surface area (Å²) in [7, 11) is 0. The van der Waals surface area contributed by atoms with E-state index >= 15 is 0 Å². The molecule has 0 amide bonds. The lowest BCUT2D eigenvalue weighted by Crippen LogP contribution is -2.54. The molecule has 23 heavy (non-hydrogen) atoms. The van der Waals surface area contributed by atoms with E-state index in [1.807, 2.05) is 12.4 Å². The van der Waals surface area contributed by atoms with Gasteiger partial charge in [-0.3, -0.25) is 14.8 Å². The highest BCUT2D eigenvalue weighted by atomic mass is 15.3. The average Bonchev–Trinajstić information content (AvgIpc) is 2.62. The number of piperazine rings is 2. The van der Waals surface area contributed by atoms with Gasteiger partial charge in [0.05, 0.1) is 0 Å². The predicted molar refractivity (Wildman–Crippen MR) is 94.6 cm³/mol. The predicted octanol–water partition coefficient (Wildman–Crippen LogP) is 1.05. The van der Waals surface area contributed by atoms with Crippen LogP contribution >= 0.6 is 0 Å². The Hall–Kier alpha value is -1.01. The van der Waals surface area contributed by atoms with Gasteiger partial charge in [0, 0.05) is 76.8 Å². The first-order chi connectivity index (χ1) is 11.3. The number of nitrogens with one attached hydrogen (secondary N) is 1. The highest BCUT2D eigenvalue weighted by Crippen LogP contribution is 2.25. The van der Waals surface area contributed by atoms with Crippen molar-refractivity contribution >= 4 is 0 Å². The largest absolute Gasteiger partial charge is 0.314 e. The Morgan fingerprint density at radius 3 is 2.48 bits per heavy atom. The van der Waals surface area contributed by atoms with Gasteiger partial charge < -0.3 is 10.2 Å². The molecule has 1 aromatic heterocycles. The summed E-state index contributed by atoms with van der Waals surface area (Å²) in [6, 6.07) is 5.45. The van der Waals surface area contributed by atoms with E-state index in [4.69, 9.17) is 0 Å². The third-order valence-electron chi connectivity index (χ3n) is 5.39. The Morgan fingerprint density at radius 2 is 1.83 bits per heavy atom. The fourth-order valence-electron chi connectivity index (χ4n) is 3.84. The van der Waals surface area contributed by atoms with Gasteiger partial charge in [0.1, 0.15) is 0 Å². The van der Waals surface area contributed by atoms with Gasteiger partial charge >= 0.3 is 0 Å². The van der Waals surface area contributed by atoms with Crippen LogP contribution in [0.1, 0.15) is 25.5 Å². The number of hydrogen-bond donors (Lipinski definition) is 1. The third-order valence-corrected chi connectivity index (χ3v) is 5.39. The Balaban J connectivity index is 1.70. The van der Waals surface area contributed by atoms with E-state index < -0.39 is 0 Å². The zero-order valence-electron chi connectivity index (χ0n) is 14.6. The van der Waals surface area contributed by atoms with E-state index in [2.05, 4.69) is 51.0 Å². The smallest absolute Gasteiger partial charge is 0.0480 e. The molecule has 2 aliphatic rings. The highest BCUT2D eigenvalue weighted by molar-refractivity contribution is 5.16. The summed E-state index contributed by atoms with van der Waals surface area (Å²) in [6.07, 6.45) is 3.87. The highest BCUT2D eigenvalue weighted by Gasteiger charge is 2.29. The van der Waals surface area contributed by atoms with E-state index in [1.165, 1.54) is 38.3 Å². The molecule has 0 spiro atoms. The first kappa shape index (κ1) is 16.8. The molecule has 128 valence electrons. The number of hydrogen-bond acceptors (Lipinski definition) is 5. The van der Waals surface area contributed by atoms with Crippen LogP contribution in [-0.4, -0.2) is 84.6 Å². The summed E-state index contributed by atoms with van der Waals surface area (Å²) in [5.41, 5.74) is 1.41. The zero-order chi connectivity index (χ0) is 16.1. The lowest BCUT2D eigenvalue weighted by molar-refractivity contribution is 0.0623. The Bertz CT molecular complexity index is 458. The minimum atomic E-state index is 0.475. The van der Waals surface area contributed by atoms with Crippen molar-refractivity contribution < 1.29 is 0 Å². The summed E-state index contributed by atoms with van der Waals surface area (Å²) in [5, 5.41) is 3.51. The van der Waals surface area contributed by atoms with Crippen molar-refractivity contribution in [1.29, 1.82) is 0 Å². The second-order valence-electron chi connectivity index (χ2n) is 6.82. The quantitative estimate of drug-likeness (QED) is 0.878. The summed E-state index contributed by atoms with van der Waals surface area (Å²) in [6.45, 7) is 15.0. The number of likely N-dealkylation sites (N-methyl/N-ethyl adjacent to an activating group) is 1. The molecule has 2 unspecified atom stereocenters. The minimum absolute atomic E-state index is 0.475. The third kappa shape index (κ3) is 4.29. The Morgan fingerprint density at radius 1 is 1.13 bits per heavy atom. The maximum Gasteiger partial charge on any atom is 0.0480 e. The van der Waals surface area contributed by atoms with Gasteiger partial charge in [0.25, 0.3) is 0 Å². The van der Waals surface area contributed by atoms with Crippen LogP contribution in [0.3, 0.4) is 0 Å². The maximum atomic E-state index is 4.21. The molecular formula is C18H31N5. The van der Waals surface area contributed by atoms with Gasteiger partial charge in [0.2, 0.25) is 0 Å². The van der Waals surface area contributed by atoms with Gasteiger partial charge in [-0.2, -0.15) is 0 Å². The average molecular weight is 317 g/mol.